The number of carbonyl (C=O) groups is 2. The molecule has 0 unspecified atom stereocenters. The molecule has 0 atom stereocenters. The topological polar surface area (TPSA) is 58.2 Å². The van der Waals surface area contributed by atoms with Gasteiger partial charge in [0.1, 0.15) is 0 Å². The van der Waals surface area contributed by atoms with Crippen molar-refractivity contribution >= 4 is 23.2 Å². The number of anilines is 2. The maximum atomic E-state index is 12.0. The van der Waals surface area contributed by atoms with Crippen LogP contribution < -0.4 is 10.6 Å². The summed E-state index contributed by atoms with van der Waals surface area (Å²) >= 11 is 0. The first kappa shape index (κ1) is 23.7. The van der Waals surface area contributed by atoms with E-state index in [2.05, 4.69) is 24.5 Å². The molecular weight excluding hydrogens is 372 g/mol. The number of carbonyl (C=O) groups excluding carboxylic acids is 2. The number of hydrogen-bond acceptors (Lipinski definition) is 2. The van der Waals surface area contributed by atoms with Crippen molar-refractivity contribution in [3.8, 4) is 11.1 Å². The summed E-state index contributed by atoms with van der Waals surface area (Å²) in [5, 5.41) is 5.93. The van der Waals surface area contributed by atoms with Crippen LogP contribution in [0.1, 0.15) is 78.1 Å². The third-order valence-corrected chi connectivity index (χ3v) is 5.19. The van der Waals surface area contributed by atoms with E-state index in [9.17, 15) is 9.59 Å². The zero-order valence-electron chi connectivity index (χ0n) is 18.5. The molecule has 0 aliphatic heterocycles. The summed E-state index contributed by atoms with van der Waals surface area (Å²) in [6.07, 6.45) is 9.98. The molecule has 0 aliphatic carbocycles. The van der Waals surface area contributed by atoms with Crippen LogP contribution in [0.5, 0.6) is 0 Å². The summed E-state index contributed by atoms with van der Waals surface area (Å²) in [4.78, 5) is 24.0. The van der Waals surface area contributed by atoms with E-state index in [1.807, 2.05) is 48.5 Å². The average Bonchev–Trinajstić information content (AvgIpc) is 2.75. The SMILES string of the molecule is CCCCCCC(=O)Nc1ccc(-c2ccc(NC(=O)CCCCCC)cc2)cc1. The van der Waals surface area contributed by atoms with Gasteiger partial charge in [0.15, 0.2) is 0 Å². The number of hydrogen-bond donors (Lipinski definition) is 2. The summed E-state index contributed by atoms with van der Waals surface area (Å²) in [6, 6.07) is 15.8. The van der Waals surface area contributed by atoms with Gasteiger partial charge in [0, 0.05) is 24.2 Å². The largest absolute Gasteiger partial charge is 0.326 e. The Hall–Kier alpha value is -2.62. The first-order valence-electron chi connectivity index (χ1n) is 11.4. The molecule has 2 amide bonds. The molecule has 0 bridgehead atoms. The van der Waals surface area contributed by atoms with Gasteiger partial charge in [-0.2, -0.15) is 0 Å². The highest BCUT2D eigenvalue weighted by Crippen LogP contribution is 2.23. The minimum Gasteiger partial charge on any atom is -0.326 e. The van der Waals surface area contributed by atoms with Gasteiger partial charge in [-0.1, -0.05) is 76.6 Å². The lowest BCUT2D eigenvalue weighted by atomic mass is 10.0. The van der Waals surface area contributed by atoms with E-state index in [0.717, 1.165) is 48.2 Å². The van der Waals surface area contributed by atoms with E-state index in [1.165, 1.54) is 25.7 Å². The molecule has 2 N–H and O–H groups in total. The molecule has 162 valence electrons. The van der Waals surface area contributed by atoms with Gasteiger partial charge >= 0.3 is 0 Å². The summed E-state index contributed by atoms with van der Waals surface area (Å²) in [6.45, 7) is 4.33. The van der Waals surface area contributed by atoms with Gasteiger partial charge in [0.05, 0.1) is 0 Å². The Labute approximate surface area is 181 Å². The van der Waals surface area contributed by atoms with Gasteiger partial charge < -0.3 is 10.6 Å². The number of unbranched alkanes of at least 4 members (excludes halogenated alkanes) is 6. The fourth-order valence-corrected chi connectivity index (χ4v) is 3.36. The van der Waals surface area contributed by atoms with Crippen LogP contribution in [0.15, 0.2) is 48.5 Å². The summed E-state index contributed by atoms with van der Waals surface area (Å²) < 4.78 is 0. The molecule has 0 aliphatic rings. The van der Waals surface area contributed by atoms with Crippen molar-refractivity contribution in [2.24, 2.45) is 0 Å². The molecule has 0 heterocycles. The minimum absolute atomic E-state index is 0.0774. The summed E-state index contributed by atoms with van der Waals surface area (Å²) in [5.74, 6) is 0.155. The first-order valence-corrected chi connectivity index (χ1v) is 11.4. The second-order valence-corrected chi connectivity index (χ2v) is 7.87. The van der Waals surface area contributed by atoms with E-state index in [-0.39, 0.29) is 11.8 Å². The fraction of sp³-hybridized carbons (Fsp3) is 0.462. The van der Waals surface area contributed by atoms with Gasteiger partial charge in [-0.25, -0.2) is 0 Å². The first-order chi connectivity index (χ1) is 14.6. The second kappa shape index (κ2) is 13.6. The van der Waals surface area contributed by atoms with Crippen molar-refractivity contribution in [2.75, 3.05) is 10.6 Å². The van der Waals surface area contributed by atoms with Crippen molar-refractivity contribution < 1.29 is 9.59 Å². The van der Waals surface area contributed by atoms with E-state index < -0.39 is 0 Å². The molecule has 0 spiro atoms. The molecule has 4 nitrogen and oxygen atoms in total. The third-order valence-electron chi connectivity index (χ3n) is 5.19. The van der Waals surface area contributed by atoms with Crippen LogP contribution in [-0.4, -0.2) is 11.8 Å². The lowest BCUT2D eigenvalue weighted by molar-refractivity contribution is -0.117. The van der Waals surface area contributed by atoms with Gasteiger partial charge in [-0.3, -0.25) is 9.59 Å². The van der Waals surface area contributed by atoms with Crippen molar-refractivity contribution in [1.82, 2.24) is 0 Å². The maximum Gasteiger partial charge on any atom is 0.224 e. The molecule has 30 heavy (non-hydrogen) atoms. The molecule has 4 heteroatoms. The van der Waals surface area contributed by atoms with Crippen LogP contribution in [0.3, 0.4) is 0 Å². The third kappa shape index (κ3) is 8.81. The lowest BCUT2D eigenvalue weighted by Crippen LogP contribution is -2.11. The highest BCUT2D eigenvalue weighted by molar-refractivity contribution is 5.91. The van der Waals surface area contributed by atoms with E-state index in [1.54, 1.807) is 0 Å². The lowest BCUT2D eigenvalue weighted by Gasteiger charge is -2.09. The summed E-state index contributed by atoms with van der Waals surface area (Å²) in [5.41, 5.74) is 3.80. The van der Waals surface area contributed by atoms with Crippen LogP contribution in [-0.2, 0) is 9.59 Å². The fourth-order valence-electron chi connectivity index (χ4n) is 3.36. The standard InChI is InChI=1S/C26H36N2O2/c1-3-5-7-9-11-25(29)27-23-17-13-21(14-18-23)22-15-19-24(20-16-22)28-26(30)12-10-8-6-4-2/h13-20H,3-12H2,1-2H3,(H,27,29)(H,28,30). The van der Waals surface area contributed by atoms with Gasteiger partial charge in [0.2, 0.25) is 11.8 Å². The second-order valence-electron chi connectivity index (χ2n) is 7.87. The van der Waals surface area contributed by atoms with Crippen LogP contribution in [0.4, 0.5) is 11.4 Å². The Morgan fingerprint density at radius 1 is 0.567 bits per heavy atom. The van der Waals surface area contributed by atoms with Crippen LogP contribution >= 0.6 is 0 Å². The zero-order chi connectivity index (χ0) is 21.6. The summed E-state index contributed by atoms with van der Waals surface area (Å²) in [7, 11) is 0. The molecule has 0 aromatic heterocycles. The van der Waals surface area contributed by atoms with Crippen LogP contribution in [0.25, 0.3) is 11.1 Å². The number of benzene rings is 2. The van der Waals surface area contributed by atoms with Crippen molar-refractivity contribution in [2.45, 2.75) is 78.1 Å². The Morgan fingerprint density at radius 3 is 1.27 bits per heavy atom. The Kier molecular flexibility index (Phi) is 10.7. The van der Waals surface area contributed by atoms with E-state index in [4.69, 9.17) is 0 Å². The smallest absolute Gasteiger partial charge is 0.224 e. The molecule has 0 saturated carbocycles. The molecule has 0 radical (unpaired) electrons. The van der Waals surface area contributed by atoms with Crippen molar-refractivity contribution in [3.63, 3.8) is 0 Å². The predicted octanol–water partition coefficient (Wildman–Crippen LogP) is 7.17. The highest BCUT2D eigenvalue weighted by Gasteiger charge is 2.05. The molecule has 0 fully saturated rings. The number of amides is 2. The maximum absolute atomic E-state index is 12.0. The van der Waals surface area contributed by atoms with Gasteiger partial charge in [-0.05, 0) is 48.2 Å². The van der Waals surface area contributed by atoms with E-state index in [0.29, 0.717) is 12.8 Å². The Morgan fingerprint density at radius 2 is 0.933 bits per heavy atom. The Bertz CT molecular complexity index is 699. The molecule has 0 saturated heterocycles. The van der Waals surface area contributed by atoms with Gasteiger partial charge in [-0.15, -0.1) is 0 Å². The minimum atomic E-state index is 0.0774. The predicted molar refractivity (Wildman–Crippen MR) is 127 cm³/mol. The Balaban J connectivity index is 1.82. The molecule has 2 rings (SSSR count). The average molecular weight is 409 g/mol. The number of rotatable bonds is 13. The van der Waals surface area contributed by atoms with E-state index >= 15 is 0 Å². The normalized spacial score (nSPS) is 10.6. The molecular formula is C26H36N2O2. The monoisotopic (exact) mass is 408 g/mol. The molecule has 2 aromatic carbocycles. The molecule has 2 aromatic rings. The van der Waals surface area contributed by atoms with Crippen molar-refractivity contribution in [1.29, 1.82) is 0 Å². The quantitative estimate of drug-likeness (QED) is 0.345. The highest BCUT2D eigenvalue weighted by atomic mass is 16.2. The van der Waals surface area contributed by atoms with Crippen LogP contribution in [0.2, 0.25) is 0 Å². The van der Waals surface area contributed by atoms with Crippen LogP contribution in [0, 0.1) is 0 Å². The van der Waals surface area contributed by atoms with Crippen molar-refractivity contribution in [3.05, 3.63) is 48.5 Å². The van der Waals surface area contributed by atoms with Gasteiger partial charge in [0.25, 0.3) is 0 Å². The zero-order valence-corrected chi connectivity index (χ0v) is 18.5. The number of nitrogens with one attached hydrogen (secondary N) is 2.